The number of rotatable bonds is 1. The molecule has 1 heterocycles. The number of nitrogens with one attached hydrogen (secondary N) is 1. The van der Waals surface area contributed by atoms with Crippen LogP contribution in [0, 0.1) is 0 Å². The molecule has 0 spiro atoms. The van der Waals surface area contributed by atoms with Crippen molar-refractivity contribution in [3.8, 4) is 0 Å². The van der Waals surface area contributed by atoms with E-state index in [2.05, 4.69) is 5.32 Å². The number of hydrogen-bond acceptors (Lipinski definition) is 3. The van der Waals surface area contributed by atoms with E-state index < -0.39 is 5.60 Å². The molecule has 0 aromatic carbocycles. The van der Waals surface area contributed by atoms with Crippen molar-refractivity contribution in [2.75, 3.05) is 19.7 Å². The minimum Gasteiger partial charge on any atom is -0.393 e. The van der Waals surface area contributed by atoms with Crippen LogP contribution in [-0.4, -0.2) is 35.5 Å². The Bertz CT molecular complexity index is 78.5. The molecule has 1 aliphatic heterocycles. The van der Waals surface area contributed by atoms with Gasteiger partial charge in [0, 0.05) is 6.54 Å². The normalized spacial score (nSPS) is 38.2. The van der Waals surface area contributed by atoms with Crippen molar-refractivity contribution in [1.29, 1.82) is 0 Å². The monoisotopic (exact) mass is 117 g/mol. The Morgan fingerprint density at radius 1 is 1.62 bits per heavy atom. The summed E-state index contributed by atoms with van der Waals surface area (Å²) in [5.74, 6) is 0. The van der Waals surface area contributed by atoms with Gasteiger partial charge in [-0.2, -0.15) is 0 Å². The van der Waals surface area contributed by atoms with E-state index in [9.17, 15) is 5.11 Å². The molecular weight excluding hydrogens is 106 g/mol. The summed E-state index contributed by atoms with van der Waals surface area (Å²) in [6, 6.07) is 0. The van der Waals surface area contributed by atoms with Crippen LogP contribution in [0.3, 0.4) is 0 Å². The van der Waals surface area contributed by atoms with Gasteiger partial charge in [-0.05, 0) is 13.0 Å². The summed E-state index contributed by atoms with van der Waals surface area (Å²) in [7, 11) is 0. The van der Waals surface area contributed by atoms with Gasteiger partial charge < -0.3 is 15.5 Å². The summed E-state index contributed by atoms with van der Waals surface area (Å²) in [6.45, 7) is 1.22. The zero-order valence-electron chi connectivity index (χ0n) is 4.72. The zero-order chi connectivity index (χ0) is 6.04. The fourth-order valence-electron chi connectivity index (χ4n) is 0.865. The van der Waals surface area contributed by atoms with Crippen LogP contribution in [0.1, 0.15) is 6.42 Å². The molecule has 0 unspecified atom stereocenters. The van der Waals surface area contributed by atoms with Gasteiger partial charge in [0.2, 0.25) is 0 Å². The highest BCUT2D eigenvalue weighted by molar-refractivity contribution is 4.86. The maximum absolute atomic E-state index is 9.19. The molecule has 1 fully saturated rings. The van der Waals surface area contributed by atoms with Crippen LogP contribution < -0.4 is 5.32 Å². The third kappa shape index (κ3) is 0.992. The summed E-state index contributed by atoms with van der Waals surface area (Å²) in [6.07, 6.45) is 0.670. The molecule has 0 bridgehead atoms. The Morgan fingerprint density at radius 3 is 2.62 bits per heavy atom. The molecule has 1 saturated heterocycles. The molecular formula is C5H11NO2. The third-order valence-corrected chi connectivity index (χ3v) is 1.52. The predicted molar refractivity (Wildman–Crippen MR) is 29.5 cm³/mol. The van der Waals surface area contributed by atoms with E-state index in [-0.39, 0.29) is 6.61 Å². The Labute approximate surface area is 48.3 Å². The van der Waals surface area contributed by atoms with Crippen LogP contribution in [0.5, 0.6) is 0 Å². The van der Waals surface area contributed by atoms with E-state index in [1.807, 2.05) is 0 Å². The van der Waals surface area contributed by atoms with Crippen molar-refractivity contribution in [1.82, 2.24) is 5.32 Å². The highest BCUT2D eigenvalue weighted by Crippen LogP contribution is 2.11. The molecule has 3 heteroatoms. The van der Waals surface area contributed by atoms with E-state index in [1.54, 1.807) is 0 Å². The average Bonchev–Trinajstić information content (AvgIpc) is 2.17. The number of hydrogen-bond donors (Lipinski definition) is 3. The van der Waals surface area contributed by atoms with Crippen LogP contribution in [0.4, 0.5) is 0 Å². The van der Waals surface area contributed by atoms with Crippen molar-refractivity contribution in [3.63, 3.8) is 0 Å². The van der Waals surface area contributed by atoms with E-state index in [1.165, 1.54) is 0 Å². The average molecular weight is 117 g/mol. The first kappa shape index (κ1) is 6.01. The SMILES string of the molecule is OC[C@@]1(O)CCNC1. The summed E-state index contributed by atoms with van der Waals surface area (Å²) >= 11 is 0. The number of aliphatic hydroxyl groups is 2. The van der Waals surface area contributed by atoms with Gasteiger partial charge >= 0.3 is 0 Å². The summed E-state index contributed by atoms with van der Waals surface area (Å²) in [5.41, 5.74) is -0.819. The van der Waals surface area contributed by atoms with Gasteiger partial charge in [-0.1, -0.05) is 0 Å². The number of aliphatic hydroxyl groups excluding tert-OH is 1. The molecule has 3 N–H and O–H groups in total. The van der Waals surface area contributed by atoms with Gasteiger partial charge in [0.1, 0.15) is 5.60 Å². The molecule has 3 nitrogen and oxygen atoms in total. The Kier molecular flexibility index (Phi) is 1.51. The van der Waals surface area contributed by atoms with Crippen LogP contribution in [0.25, 0.3) is 0 Å². The highest BCUT2D eigenvalue weighted by atomic mass is 16.3. The Hall–Kier alpha value is -0.120. The van der Waals surface area contributed by atoms with Crippen molar-refractivity contribution < 1.29 is 10.2 Å². The van der Waals surface area contributed by atoms with Gasteiger partial charge in [-0.25, -0.2) is 0 Å². The maximum atomic E-state index is 9.19. The second kappa shape index (κ2) is 2.01. The number of β-amino-alcohol motifs (C(OH)–C–C–N with tert-alkyl or cyclic N) is 1. The maximum Gasteiger partial charge on any atom is 0.101 e. The van der Waals surface area contributed by atoms with Gasteiger partial charge in [-0.3, -0.25) is 0 Å². The molecule has 48 valence electrons. The molecule has 1 rings (SSSR count). The second-order valence-electron chi connectivity index (χ2n) is 2.31. The summed E-state index contributed by atoms with van der Waals surface area (Å²) in [5, 5.41) is 20.7. The first-order valence-corrected chi connectivity index (χ1v) is 2.81. The standard InChI is InChI=1S/C5H11NO2/c7-4-5(8)1-2-6-3-5/h6-8H,1-4H2/t5-/m1/s1. The summed E-state index contributed by atoms with van der Waals surface area (Å²) in [4.78, 5) is 0. The predicted octanol–water partition coefficient (Wildman–Crippen LogP) is -1.30. The lowest BCUT2D eigenvalue weighted by molar-refractivity contribution is 0.00330. The van der Waals surface area contributed by atoms with E-state index >= 15 is 0 Å². The fraction of sp³-hybridized carbons (Fsp3) is 1.00. The van der Waals surface area contributed by atoms with Crippen molar-refractivity contribution in [3.05, 3.63) is 0 Å². The molecule has 1 atom stereocenters. The zero-order valence-corrected chi connectivity index (χ0v) is 4.72. The molecule has 0 aliphatic carbocycles. The fourth-order valence-corrected chi connectivity index (χ4v) is 0.865. The van der Waals surface area contributed by atoms with E-state index in [0.29, 0.717) is 13.0 Å². The van der Waals surface area contributed by atoms with E-state index in [4.69, 9.17) is 5.11 Å². The van der Waals surface area contributed by atoms with Crippen molar-refractivity contribution in [2.45, 2.75) is 12.0 Å². The molecule has 0 amide bonds. The van der Waals surface area contributed by atoms with Gasteiger partial charge in [0.25, 0.3) is 0 Å². The topological polar surface area (TPSA) is 52.5 Å². The lowest BCUT2D eigenvalue weighted by atomic mass is 10.1. The van der Waals surface area contributed by atoms with Crippen LogP contribution in [0.15, 0.2) is 0 Å². The molecule has 0 saturated carbocycles. The molecule has 0 aromatic rings. The van der Waals surface area contributed by atoms with Gasteiger partial charge in [0.15, 0.2) is 0 Å². The smallest absolute Gasteiger partial charge is 0.101 e. The van der Waals surface area contributed by atoms with Crippen molar-refractivity contribution >= 4 is 0 Å². The van der Waals surface area contributed by atoms with Gasteiger partial charge in [0.05, 0.1) is 6.61 Å². The third-order valence-electron chi connectivity index (χ3n) is 1.52. The molecule has 0 radical (unpaired) electrons. The summed E-state index contributed by atoms with van der Waals surface area (Å²) < 4.78 is 0. The van der Waals surface area contributed by atoms with Crippen LogP contribution in [-0.2, 0) is 0 Å². The molecule has 1 aliphatic rings. The van der Waals surface area contributed by atoms with Crippen LogP contribution in [0.2, 0.25) is 0 Å². The molecule has 8 heavy (non-hydrogen) atoms. The Balaban J connectivity index is 2.40. The minimum atomic E-state index is -0.819. The lowest BCUT2D eigenvalue weighted by Gasteiger charge is -2.16. The molecule has 0 aromatic heterocycles. The highest BCUT2D eigenvalue weighted by Gasteiger charge is 2.29. The largest absolute Gasteiger partial charge is 0.393 e. The van der Waals surface area contributed by atoms with E-state index in [0.717, 1.165) is 6.54 Å². The quantitative estimate of drug-likeness (QED) is 0.400. The first-order valence-electron chi connectivity index (χ1n) is 2.81. The lowest BCUT2D eigenvalue weighted by Crippen LogP contribution is -2.35. The second-order valence-corrected chi connectivity index (χ2v) is 2.31. The Morgan fingerprint density at radius 2 is 2.38 bits per heavy atom. The van der Waals surface area contributed by atoms with Crippen LogP contribution >= 0.6 is 0 Å². The first-order chi connectivity index (χ1) is 3.77. The minimum absolute atomic E-state index is 0.125. The van der Waals surface area contributed by atoms with Crippen molar-refractivity contribution in [2.24, 2.45) is 0 Å². The van der Waals surface area contributed by atoms with Gasteiger partial charge in [-0.15, -0.1) is 0 Å².